The highest BCUT2D eigenvalue weighted by Crippen LogP contribution is 2.27. The van der Waals surface area contributed by atoms with E-state index < -0.39 is 11.6 Å². The van der Waals surface area contributed by atoms with Crippen LogP contribution in [0.25, 0.3) is 11.3 Å². The first-order valence-electron chi connectivity index (χ1n) is 9.41. The van der Waals surface area contributed by atoms with E-state index in [0.29, 0.717) is 30.2 Å². The van der Waals surface area contributed by atoms with Crippen molar-refractivity contribution in [2.24, 2.45) is 0 Å². The quantitative estimate of drug-likeness (QED) is 0.734. The van der Waals surface area contributed by atoms with Gasteiger partial charge in [-0.3, -0.25) is 14.8 Å². The second-order valence-corrected chi connectivity index (χ2v) is 7.11. The Bertz CT molecular complexity index is 1040. The number of pyridine rings is 2. The van der Waals surface area contributed by atoms with Gasteiger partial charge in [0, 0.05) is 42.5 Å². The largest absolute Gasteiger partial charge is 0.397 e. The van der Waals surface area contributed by atoms with Crippen molar-refractivity contribution in [1.82, 2.24) is 14.9 Å². The molecule has 148 valence electrons. The first-order valence-corrected chi connectivity index (χ1v) is 9.41. The summed E-state index contributed by atoms with van der Waals surface area (Å²) in [6, 6.07) is 12.2. The maximum atomic E-state index is 14.1. The lowest BCUT2D eigenvalue weighted by atomic mass is 10.0. The van der Waals surface area contributed by atoms with Gasteiger partial charge in [-0.2, -0.15) is 0 Å². The normalized spacial score (nSPS) is 16.2. The Morgan fingerprint density at radius 1 is 1.17 bits per heavy atom. The molecule has 3 heterocycles. The Balaban J connectivity index is 1.50. The number of carbonyl (C=O) groups is 1. The van der Waals surface area contributed by atoms with Crippen molar-refractivity contribution in [3.63, 3.8) is 0 Å². The predicted octanol–water partition coefficient (Wildman–Crippen LogP) is 3.56. The zero-order valence-electron chi connectivity index (χ0n) is 15.7. The van der Waals surface area contributed by atoms with Crippen LogP contribution in [0.4, 0.5) is 14.5 Å². The first kappa shape index (κ1) is 19.0. The molecule has 1 saturated heterocycles. The SMILES string of the molecule is Nc1ccc(-c2ccc(F)cc2F)nc1CC(=O)N1CCC(c2ccccn2)C1. The lowest BCUT2D eigenvalue weighted by molar-refractivity contribution is -0.129. The summed E-state index contributed by atoms with van der Waals surface area (Å²) in [6.07, 6.45) is 2.63. The summed E-state index contributed by atoms with van der Waals surface area (Å²) in [5, 5.41) is 0. The number of nitrogens with two attached hydrogens (primary N) is 1. The fraction of sp³-hybridized carbons (Fsp3) is 0.227. The van der Waals surface area contributed by atoms with Crippen LogP contribution in [0.1, 0.15) is 23.7 Å². The molecule has 1 aliphatic heterocycles. The van der Waals surface area contributed by atoms with E-state index >= 15 is 0 Å². The van der Waals surface area contributed by atoms with E-state index in [1.807, 2.05) is 18.2 Å². The van der Waals surface area contributed by atoms with Crippen molar-refractivity contribution in [3.05, 3.63) is 77.8 Å². The van der Waals surface area contributed by atoms with Crippen molar-refractivity contribution in [2.45, 2.75) is 18.8 Å². The van der Waals surface area contributed by atoms with E-state index in [1.54, 1.807) is 23.2 Å². The molecule has 1 fully saturated rings. The van der Waals surface area contributed by atoms with Crippen LogP contribution in [0.5, 0.6) is 0 Å². The molecule has 2 aromatic heterocycles. The number of aromatic nitrogens is 2. The van der Waals surface area contributed by atoms with Crippen LogP contribution < -0.4 is 5.73 Å². The van der Waals surface area contributed by atoms with Crippen molar-refractivity contribution in [2.75, 3.05) is 18.8 Å². The van der Waals surface area contributed by atoms with Gasteiger partial charge in [-0.25, -0.2) is 8.78 Å². The zero-order chi connectivity index (χ0) is 20.4. The average molecular weight is 394 g/mol. The third-order valence-electron chi connectivity index (χ3n) is 5.18. The number of carbonyl (C=O) groups excluding carboxylic acids is 1. The molecule has 1 atom stereocenters. The van der Waals surface area contributed by atoms with Gasteiger partial charge in [-0.05, 0) is 42.8 Å². The molecule has 7 heteroatoms. The van der Waals surface area contributed by atoms with Gasteiger partial charge in [0.2, 0.25) is 5.91 Å². The van der Waals surface area contributed by atoms with Crippen LogP contribution in [0, 0.1) is 11.6 Å². The van der Waals surface area contributed by atoms with Gasteiger partial charge < -0.3 is 10.6 Å². The maximum Gasteiger partial charge on any atom is 0.228 e. The molecule has 0 radical (unpaired) electrons. The van der Waals surface area contributed by atoms with Gasteiger partial charge in [-0.15, -0.1) is 0 Å². The minimum atomic E-state index is -0.711. The van der Waals surface area contributed by atoms with E-state index in [9.17, 15) is 13.6 Å². The minimum absolute atomic E-state index is 0.0252. The van der Waals surface area contributed by atoms with Gasteiger partial charge in [0.25, 0.3) is 0 Å². The zero-order valence-corrected chi connectivity index (χ0v) is 15.7. The van der Waals surface area contributed by atoms with Gasteiger partial charge >= 0.3 is 0 Å². The number of amides is 1. The molecule has 1 aromatic carbocycles. The van der Waals surface area contributed by atoms with Gasteiger partial charge in [-0.1, -0.05) is 6.07 Å². The summed E-state index contributed by atoms with van der Waals surface area (Å²) in [5.41, 5.74) is 8.21. The fourth-order valence-electron chi connectivity index (χ4n) is 3.60. The lowest BCUT2D eigenvalue weighted by Crippen LogP contribution is -2.30. The van der Waals surface area contributed by atoms with Crippen molar-refractivity contribution in [3.8, 4) is 11.3 Å². The molecule has 2 N–H and O–H groups in total. The Morgan fingerprint density at radius 2 is 2.03 bits per heavy atom. The number of halogens is 2. The summed E-state index contributed by atoms with van der Waals surface area (Å²) < 4.78 is 27.3. The number of anilines is 1. The lowest BCUT2D eigenvalue weighted by Gasteiger charge is -2.17. The van der Waals surface area contributed by atoms with E-state index in [0.717, 1.165) is 18.2 Å². The van der Waals surface area contributed by atoms with E-state index in [-0.39, 0.29) is 23.8 Å². The maximum absolute atomic E-state index is 14.1. The Kier molecular flexibility index (Phi) is 5.20. The van der Waals surface area contributed by atoms with Crippen LogP contribution in [0.15, 0.2) is 54.7 Å². The predicted molar refractivity (Wildman–Crippen MR) is 106 cm³/mol. The average Bonchev–Trinajstić information content (AvgIpc) is 3.21. The topological polar surface area (TPSA) is 72.1 Å². The van der Waals surface area contributed by atoms with Gasteiger partial charge in [0.1, 0.15) is 11.6 Å². The molecule has 1 aliphatic rings. The van der Waals surface area contributed by atoms with E-state index in [4.69, 9.17) is 5.73 Å². The second-order valence-electron chi connectivity index (χ2n) is 7.11. The highest BCUT2D eigenvalue weighted by atomic mass is 19.1. The summed E-state index contributed by atoms with van der Waals surface area (Å²) in [4.78, 5) is 23.3. The molecular weight excluding hydrogens is 374 g/mol. The number of rotatable bonds is 4. The highest BCUT2D eigenvalue weighted by molar-refractivity contribution is 5.80. The Labute approximate surface area is 167 Å². The summed E-state index contributed by atoms with van der Waals surface area (Å²) in [6.45, 7) is 1.24. The monoisotopic (exact) mass is 394 g/mol. The molecule has 0 bridgehead atoms. The van der Waals surface area contributed by atoms with E-state index in [1.165, 1.54) is 12.1 Å². The van der Waals surface area contributed by atoms with Gasteiger partial charge in [0.05, 0.1) is 23.5 Å². The van der Waals surface area contributed by atoms with Crippen molar-refractivity contribution in [1.29, 1.82) is 0 Å². The molecule has 4 rings (SSSR count). The molecule has 0 aliphatic carbocycles. The van der Waals surface area contributed by atoms with Crippen molar-refractivity contribution < 1.29 is 13.6 Å². The minimum Gasteiger partial charge on any atom is -0.397 e. The molecule has 1 amide bonds. The first-order chi connectivity index (χ1) is 14.0. The van der Waals surface area contributed by atoms with Crippen LogP contribution in [-0.2, 0) is 11.2 Å². The summed E-state index contributed by atoms with van der Waals surface area (Å²) in [7, 11) is 0. The number of hydrogen-bond donors (Lipinski definition) is 1. The second kappa shape index (κ2) is 7.95. The number of benzene rings is 1. The number of likely N-dealkylation sites (tertiary alicyclic amines) is 1. The Morgan fingerprint density at radius 3 is 2.79 bits per heavy atom. The van der Waals surface area contributed by atoms with Crippen molar-refractivity contribution >= 4 is 11.6 Å². The molecule has 5 nitrogen and oxygen atoms in total. The smallest absolute Gasteiger partial charge is 0.228 e. The Hall–Kier alpha value is -3.35. The fourth-order valence-corrected chi connectivity index (χ4v) is 3.60. The van der Waals surface area contributed by atoms with Crippen LogP contribution in [0.2, 0.25) is 0 Å². The molecular formula is C22H20F2N4O. The molecule has 29 heavy (non-hydrogen) atoms. The van der Waals surface area contributed by atoms with E-state index in [2.05, 4.69) is 9.97 Å². The third-order valence-corrected chi connectivity index (χ3v) is 5.18. The molecule has 3 aromatic rings. The molecule has 0 saturated carbocycles. The molecule has 0 spiro atoms. The van der Waals surface area contributed by atoms with Gasteiger partial charge in [0.15, 0.2) is 0 Å². The number of nitrogens with zero attached hydrogens (tertiary/aromatic N) is 3. The number of nitrogen functional groups attached to an aromatic ring is 1. The molecule has 1 unspecified atom stereocenters. The van der Waals surface area contributed by atoms with Crippen LogP contribution in [0.3, 0.4) is 0 Å². The third kappa shape index (κ3) is 4.08. The van der Waals surface area contributed by atoms with Crippen LogP contribution >= 0.6 is 0 Å². The standard InChI is InChI=1S/C22H20F2N4O/c23-15-4-5-16(17(24)11-15)20-7-6-18(25)21(27-20)12-22(29)28-10-8-14(13-28)19-3-1-2-9-26-19/h1-7,9,11,14H,8,10,12-13,25H2. The summed E-state index contributed by atoms with van der Waals surface area (Å²) >= 11 is 0. The summed E-state index contributed by atoms with van der Waals surface area (Å²) in [5.74, 6) is -1.24. The van der Waals surface area contributed by atoms with Crippen LogP contribution in [-0.4, -0.2) is 33.9 Å². The highest BCUT2D eigenvalue weighted by Gasteiger charge is 2.28. The number of hydrogen-bond acceptors (Lipinski definition) is 4.